The maximum Gasteiger partial charge on any atom is 0.416 e. The van der Waals surface area contributed by atoms with Crippen molar-refractivity contribution in [3.8, 4) is 0 Å². The Morgan fingerprint density at radius 3 is 2.55 bits per heavy atom. The summed E-state index contributed by atoms with van der Waals surface area (Å²) in [6.45, 7) is 1.02. The standard InChI is InChI=1S/C13H18F3NO3S2/c14-13(15,16)12-6-3-5-11(10-12)4-1-2-7-17-8-9-21-22(18,19)20/h3,5-6,10,17H,1-2,4,7-9H2,(H,18,19,20)/p-1. The highest BCUT2D eigenvalue weighted by Gasteiger charge is 2.30. The second-order valence-corrected chi connectivity index (χ2v) is 8.03. The molecule has 0 saturated carbocycles. The average Bonchev–Trinajstić information content (AvgIpc) is 2.40. The molecule has 0 spiro atoms. The second kappa shape index (κ2) is 8.76. The van der Waals surface area contributed by atoms with Crippen LogP contribution >= 0.6 is 10.8 Å². The Hall–Kier alpha value is -0.770. The van der Waals surface area contributed by atoms with Crippen LogP contribution in [0.2, 0.25) is 0 Å². The predicted octanol–water partition coefficient (Wildman–Crippen LogP) is 2.81. The fourth-order valence-electron chi connectivity index (χ4n) is 1.82. The monoisotopic (exact) mass is 356 g/mol. The molecule has 1 N–H and O–H groups in total. The minimum atomic E-state index is -4.32. The molecule has 0 aliphatic heterocycles. The molecule has 0 amide bonds. The first-order valence-electron chi connectivity index (χ1n) is 6.65. The first-order valence-corrected chi connectivity index (χ1v) is 9.56. The van der Waals surface area contributed by atoms with Gasteiger partial charge in [0.15, 0.2) is 0 Å². The number of nitrogens with one attached hydrogen (secondary N) is 1. The minimum Gasteiger partial charge on any atom is -0.739 e. The Labute approximate surface area is 131 Å². The van der Waals surface area contributed by atoms with Crippen molar-refractivity contribution >= 4 is 19.9 Å². The van der Waals surface area contributed by atoms with Crippen molar-refractivity contribution in [3.63, 3.8) is 0 Å². The molecule has 126 valence electrons. The zero-order valence-corrected chi connectivity index (χ0v) is 13.4. The molecule has 0 radical (unpaired) electrons. The molecule has 0 aromatic heterocycles. The van der Waals surface area contributed by atoms with Crippen molar-refractivity contribution in [2.24, 2.45) is 0 Å². The van der Waals surface area contributed by atoms with Crippen molar-refractivity contribution in [1.29, 1.82) is 0 Å². The van der Waals surface area contributed by atoms with Crippen LogP contribution in [-0.4, -0.2) is 31.8 Å². The molecule has 0 heterocycles. The SMILES string of the molecule is O=S(=O)([O-])SCCNCCCCc1cccc(C(F)(F)F)c1. The van der Waals surface area contributed by atoms with Crippen molar-refractivity contribution in [2.45, 2.75) is 25.4 Å². The van der Waals surface area contributed by atoms with E-state index in [-0.39, 0.29) is 5.75 Å². The van der Waals surface area contributed by atoms with Crippen LogP contribution in [0, 0.1) is 0 Å². The lowest BCUT2D eigenvalue weighted by atomic mass is 10.1. The van der Waals surface area contributed by atoms with Crippen LogP contribution in [0.4, 0.5) is 13.2 Å². The van der Waals surface area contributed by atoms with Gasteiger partial charge in [-0.25, -0.2) is 8.42 Å². The van der Waals surface area contributed by atoms with Crippen molar-refractivity contribution in [3.05, 3.63) is 35.4 Å². The Morgan fingerprint density at radius 2 is 1.91 bits per heavy atom. The van der Waals surface area contributed by atoms with Crippen LogP contribution in [0.5, 0.6) is 0 Å². The van der Waals surface area contributed by atoms with E-state index in [1.54, 1.807) is 6.07 Å². The summed E-state index contributed by atoms with van der Waals surface area (Å²) in [6.07, 6.45) is -2.29. The second-order valence-electron chi connectivity index (χ2n) is 4.64. The van der Waals surface area contributed by atoms with Crippen LogP contribution in [0.25, 0.3) is 0 Å². The number of benzene rings is 1. The summed E-state index contributed by atoms with van der Waals surface area (Å²) >= 11 is 0. The van der Waals surface area contributed by atoms with E-state index in [1.807, 2.05) is 0 Å². The first kappa shape index (κ1) is 19.3. The lowest BCUT2D eigenvalue weighted by Crippen LogP contribution is -2.19. The molecule has 0 unspecified atom stereocenters. The van der Waals surface area contributed by atoms with Gasteiger partial charge in [0.25, 0.3) is 0 Å². The predicted molar refractivity (Wildman–Crippen MR) is 79.4 cm³/mol. The molecule has 0 saturated heterocycles. The Kier molecular flexibility index (Phi) is 7.67. The highest BCUT2D eigenvalue weighted by molar-refractivity contribution is 8.69. The summed E-state index contributed by atoms with van der Waals surface area (Å²) in [4.78, 5) is 0. The molecular formula is C13H17F3NO3S2-. The maximum atomic E-state index is 12.5. The molecule has 0 aliphatic carbocycles. The number of hydrogen-bond acceptors (Lipinski definition) is 5. The topological polar surface area (TPSA) is 69.2 Å². The van der Waals surface area contributed by atoms with Gasteiger partial charge in [0.1, 0.15) is 9.15 Å². The van der Waals surface area contributed by atoms with Crippen LogP contribution in [-0.2, 0) is 21.7 Å². The molecule has 4 nitrogen and oxygen atoms in total. The van der Waals surface area contributed by atoms with Gasteiger partial charge in [-0.2, -0.15) is 13.2 Å². The van der Waals surface area contributed by atoms with Crippen molar-refractivity contribution in [1.82, 2.24) is 5.32 Å². The highest BCUT2D eigenvalue weighted by atomic mass is 33.1. The van der Waals surface area contributed by atoms with E-state index in [9.17, 15) is 26.1 Å². The fraction of sp³-hybridized carbons (Fsp3) is 0.538. The van der Waals surface area contributed by atoms with Gasteiger partial charge in [-0.1, -0.05) is 18.2 Å². The number of halogens is 3. The zero-order valence-electron chi connectivity index (χ0n) is 11.7. The largest absolute Gasteiger partial charge is 0.739 e. The lowest BCUT2D eigenvalue weighted by molar-refractivity contribution is -0.137. The molecule has 0 atom stereocenters. The van der Waals surface area contributed by atoms with Gasteiger partial charge in [0.2, 0.25) is 0 Å². The summed E-state index contributed by atoms with van der Waals surface area (Å²) in [6, 6.07) is 5.27. The maximum absolute atomic E-state index is 12.5. The van der Waals surface area contributed by atoms with Crippen LogP contribution in [0.3, 0.4) is 0 Å². The number of rotatable bonds is 9. The van der Waals surface area contributed by atoms with Crippen LogP contribution in [0.1, 0.15) is 24.0 Å². The lowest BCUT2D eigenvalue weighted by Gasteiger charge is -2.09. The normalized spacial score (nSPS) is 12.5. The molecule has 1 aromatic rings. The van der Waals surface area contributed by atoms with Gasteiger partial charge in [0.05, 0.1) is 5.56 Å². The smallest absolute Gasteiger partial charge is 0.416 e. The third-order valence-corrected chi connectivity index (χ3v) is 4.86. The van der Waals surface area contributed by atoms with Crippen LogP contribution in [0.15, 0.2) is 24.3 Å². The number of unbranched alkanes of at least 4 members (excludes halogenated alkanes) is 1. The van der Waals surface area contributed by atoms with Crippen molar-refractivity contribution in [2.75, 3.05) is 18.8 Å². The van der Waals surface area contributed by atoms with Gasteiger partial charge in [-0.05, 0) is 48.2 Å². The van der Waals surface area contributed by atoms with Gasteiger partial charge >= 0.3 is 6.18 Å². The highest BCUT2D eigenvalue weighted by Crippen LogP contribution is 2.29. The van der Waals surface area contributed by atoms with E-state index in [4.69, 9.17) is 0 Å². The fourth-order valence-corrected chi connectivity index (χ4v) is 3.12. The summed E-state index contributed by atoms with van der Waals surface area (Å²) in [5.74, 6) is 0.180. The van der Waals surface area contributed by atoms with Gasteiger partial charge in [0, 0.05) is 12.3 Å². The first-order chi connectivity index (χ1) is 10.2. The summed E-state index contributed by atoms with van der Waals surface area (Å²) in [5, 5.41) is 2.98. The Bertz CT molecular complexity index is 562. The van der Waals surface area contributed by atoms with E-state index in [0.717, 1.165) is 25.0 Å². The molecule has 0 aliphatic rings. The Balaban J connectivity index is 2.18. The van der Waals surface area contributed by atoms with E-state index >= 15 is 0 Å². The molecular weight excluding hydrogens is 339 g/mol. The summed E-state index contributed by atoms with van der Waals surface area (Å²) in [5.41, 5.74) is 0.00167. The molecule has 1 aromatic carbocycles. The summed E-state index contributed by atoms with van der Waals surface area (Å²) < 4.78 is 68.6. The molecule has 1 rings (SSSR count). The number of hydrogen-bond donors (Lipinski definition) is 1. The van der Waals surface area contributed by atoms with E-state index < -0.39 is 20.9 Å². The van der Waals surface area contributed by atoms with Gasteiger partial charge in [-0.15, -0.1) is 0 Å². The van der Waals surface area contributed by atoms with E-state index in [1.165, 1.54) is 6.07 Å². The molecule has 9 heteroatoms. The molecule has 22 heavy (non-hydrogen) atoms. The average molecular weight is 356 g/mol. The molecule has 0 fully saturated rings. The Morgan fingerprint density at radius 1 is 1.18 bits per heavy atom. The van der Waals surface area contributed by atoms with Crippen LogP contribution < -0.4 is 5.32 Å². The van der Waals surface area contributed by atoms with Crippen molar-refractivity contribution < 1.29 is 26.1 Å². The molecule has 0 bridgehead atoms. The third kappa shape index (κ3) is 8.62. The van der Waals surface area contributed by atoms with Gasteiger partial charge in [-0.3, -0.25) is 0 Å². The summed E-state index contributed by atoms with van der Waals surface area (Å²) in [7, 11) is -3.89. The zero-order chi connectivity index (χ0) is 16.6. The number of alkyl halides is 3. The van der Waals surface area contributed by atoms with E-state index in [0.29, 0.717) is 35.9 Å². The van der Waals surface area contributed by atoms with Gasteiger partial charge < -0.3 is 9.87 Å². The third-order valence-electron chi connectivity index (χ3n) is 2.83. The number of aryl methyl sites for hydroxylation is 1. The van der Waals surface area contributed by atoms with E-state index in [2.05, 4.69) is 5.32 Å². The minimum absolute atomic E-state index is 0.180. The quantitative estimate of drug-likeness (QED) is 0.419.